The van der Waals surface area contributed by atoms with E-state index in [1.165, 1.54) is 19.3 Å². The molecule has 0 bridgehead atoms. The van der Waals surface area contributed by atoms with Crippen molar-refractivity contribution in [2.45, 2.75) is 39.0 Å². The van der Waals surface area contributed by atoms with Crippen molar-refractivity contribution in [1.29, 1.82) is 0 Å². The molecule has 1 aromatic rings. The van der Waals surface area contributed by atoms with E-state index < -0.39 is 0 Å². The molecule has 0 aliphatic carbocycles. The molecule has 0 saturated heterocycles. The maximum absolute atomic E-state index is 5.52. The zero-order valence-corrected chi connectivity index (χ0v) is 13.5. The Morgan fingerprint density at radius 1 is 1.33 bits per heavy atom. The Kier molecular flexibility index (Phi) is 9.11. The van der Waals surface area contributed by atoms with Crippen LogP contribution in [-0.4, -0.2) is 29.1 Å². The van der Waals surface area contributed by atoms with E-state index in [2.05, 4.69) is 27.5 Å². The van der Waals surface area contributed by atoms with Gasteiger partial charge in [0.1, 0.15) is 0 Å². The predicted molar refractivity (Wildman–Crippen MR) is 92.3 cm³/mol. The Hall–Kier alpha value is -1.69. The van der Waals surface area contributed by atoms with Crippen LogP contribution in [0.25, 0.3) is 0 Å². The van der Waals surface area contributed by atoms with E-state index in [9.17, 15) is 0 Å². The van der Waals surface area contributed by atoms with E-state index in [1.807, 2.05) is 18.2 Å². The fourth-order valence-corrected chi connectivity index (χ4v) is 1.94. The van der Waals surface area contributed by atoms with Gasteiger partial charge in [-0.05, 0) is 30.8 Å². The number of hydrogen-bond donors (Lipinski definition) is 3. The Morgan fingerprint density at radius 3 is 2.86 bits per heavy atom. The lowest BCUT2D eigenvalue weighted by Crippen LogP contribution is -2.44. The Bertz CT molecular complexity index is 433. The summed E-state index contributed by atoms with van der Waals surface area (Å²) in [5, 5.41) is 6.34. The minimum atomic E-state index is 0.229. The van der Waals surface area contributed by atoms with Gasteiger partial charge in [-0.1, -0.05) is 32.3 Å². The van der Waals surface area contributed by atoms with Crippen molar-refractivity contribution in [3.8, 4) is 0 Å². The summed E-state index contributed by atoms with van der Waals surface area (Å²) < 4.78 is 0. The second-order valence-electron chi connectivity index (χ2n) is 4.78. The van der Waals surface area contributed by atoms with E-state index in [1.54, 1.807) is 6.20 Å². The molecular formula is C15H25N5S. The van der Waals surface area contributed by atoms with E-state index in [4.69, 9.17) is 18.0 Å². The van der Waals surface area contributed by atoms with Gasteiger partial charge >= 0.3 is 0 Å². The Labute approximate surface area is 132 Å². The Morgan fingerprint density at radius 2 is 2.19 bits per heavy atom. The SMILES string of the molecule is CCCCCCN=C(NCCc1ccccn1)NC(N)=S. The van der Waals surface area contributed by atoms with Crippen LogP contribution in [-0.2, 0) is 6.42 Å². The zero-order chi connectivity index (χ0) is 15.3. The van der Waals surface area contributed by atoms with Crippen molar-refractivity contribution >= 4 is 23.3 Å². The van der Waals surface area contributed by atoms with Gasteiger partial charge in [-0.3, -0.25) is 9.98 Å². The molecule has 21 heavy (non-hydrogen) atoms. The molecule has 0 radical (unpaired) electrons. The van der Waals surface area contributed by atoms with Crippen LogP contribution >= 0.6 is 12.2 Å². The zero-order valence-electron chi connectivity index (χ0n) is 12.6. The summed E-state index contributed by atoms with van der Waals surface area (Å²) in [7, 11) is 0. The Balaban J connectivity index is 2.34. The van der Waals surface area contributed by atoms with Gasteiger partial charge in [0.15, 0.2) is 11.1 Å². The summed E-state index contributed by atoms with van der Waals surface area (Å²) in [6.45, 7) is 3.71. The molecule has 6 heteroatoms. The summed E-state index contributed by atoms with van der Waals surface area (Å²) in [5.74, 6) is 0.648. The molecule has 4 N–H and O–H groups in total. The number of pyridine rings is 1. The lowest BCUT2D eigenvalue weighted by atomic mass is 10.2. The fourth-order valence-electron chi connectivity index (χ4n) is 1.84. The van der Waals surface area contributed by atoms with Gasteiger partial charge in [0.05, 0.1) is 0 Å². The summed E-state index contributed by atoms with van der Waals surface area (Å²) in [4.78, 5) is 8.76. The second kappa shape index (κ2) is 11.0. The van der Waals surface area contributed by atoms with E-state index in [0.29, 0.717) is 5.96 Å². The molecule has 0 unspecified atom stereocenters. The molecular weight excluding hydrogens is 282 g/mol. The predicted octanol–water partition coefficient (Wildman–Crippen LogP) is 1.98. The number of nitrogens with zero attached hydrogens (tertiary/aromatic N) is 2. The van der Waals surface area contributed by atoms with Crippen molar-refractivity contribution in [3.05, 3.63) is 30.1 Å². The molecule has 0 aromatic carbocycles. The smallest absolute Gasteiger partial charge is 0.197 e. The molecule has 1 rings (SSSR count). The topological polar surface area (TPSA) is 75.3 Å². The van der Waals surface area contributed by atoms with Gasteiger partial charge in [-0.2, -0.15) is 0 Å². The molecule has 5 nitrogen and oxygen atoms in total. The van der Waals surface area contributed by atoms with Gasteiger partial charge < -0.3 is 16.4 Å². The molecule has 0 atom stereocenters. The number of aromatic nitrogens is 1. The fraction of sp³-hybridized carbons (Fsp3) is 0.533. The molecule has 1 heterocycles. The van der Waals surface area contributed by atoms with Crippen LogP contribution in [0.2, 0.25) is 0 Å². The first-order valence-electron chi connectivity index (χ1n) is 7.47. The first-order chi connectivity index (χ1) is 10.2. The molecule has 0 aliphatic heterocycles. The third kappa shape index (κ3) is 8.96. The third-order valence-electron chi connectivity index (χ3n) is 2.92. The van der Waals surface area contributed by atoms with Gasteiger partial charge in [0.2, 0.25) is 0 Å². The summed E-state index contributed by atoms with van der Waals surface area (Å²) >= 11 is 4.87. The highest BCUT2D eigenvalue weighted by Gasteiger charge is 2.00. The largest absolute Gasteiger partial charge is 0.376 e. The first-order valence-corrected chi connectivity index (χ1v) is 7.88. The maximum atomic E-state index is 5.52. The van der Waals surface area contributed by atoms with Crippen LogP contribution < -0.4 is 16.4 Å². The highest BCUT2D eigenvalue weighted by molar-refractivity contribution is 7.80. The minimum absolute atomic E-state index is 0.229. The summed E-state index contributed by atoms with van der Waals surface area (Å²) in [6.07, 6.45) is 7.39. The van der Waals surface area contributed by atoms with Crippen molar-refractivity contribution in [2.24, 2.45) is 10.7 Å². The number of unbranched alkanes of at least 4 members (excludes halogenated alkanes) is 3. The van der Waals surface area contributed by atoms with Gasteiger partial charge in [0, 0.05) is 31.4 Å². The molecule has 0 aliphatic rings. The van der Waals surface area contributed by atoms with Crippen molar-refractivity contribution in [1.82, 2.24) is 15.6 Å². The highest BCUT2D eigenvalue weighted by Crippen LogP contribution is 1.98. The number of rotatable bonds is 8. The van der Waals surface area contributed by atoms with Gasteiger partial charge in [-0.25, -0.2) is 0 Å². The molecule has 0 amide bonds. The average Bonchev–Trinajstić information content (AvgIpc) is 2.47. The van der Waals surface area contributed by atoms with Crippen molar-refractivity contribution in [2.75, 3.05) is 13.1 Å². The molecule has 0 fully saturated rings. The monoisotopic (exact) mass is 307 g/mol. The normalized spacial score (nSPS) is 11.2. The van der Waals surface area contributed by atoms with E-state index in [-0.39, 0.29) is 5.11 Å². The van der Waals surface area contributed by atoms with Gasteiger partial charge in [-0.15, -0.1) is 0 Å². The maximum Gasteiger partial charge on any atom is 0.197 e. The minimum Gasteiger partial charge on any atom is -0.376 e. The standard InChI is InChI=1S/C15H25N5S/c1-2-3-4-6-11-18-15(20-14(16)21)19-12-9-13-8-5-7-10-17-13/h5,7-8,10H,2-4,6,9,11-12H2,1H3,(H4,16,18,19,20,21). The van der Waals surface area contributed by atoms with Crippen LogP contribution in [0.1, 0.15) is 38.3 Å². The van der Waals surface area contributed by atoms with Gasteiger partial charge in [0.25, 0.3) is 0 Å². The van der Waals surface area contributed by atoms with Crippen molar-refractivity contribution < 1.29 is 0 Å². The summed E-state index contributed by atoms with van der Waals surface area (Å²) in [6, 6.07) is 5.90. The van der Waals surface area contributed by atoms with E-state index >= 15 is 0 Å². The number of guanidine groups is 1. The number of thiocarbonyl (C=S) groups is 1. The van der Waals surface area contributed by atoms with Crippen LogP contribution in [0, 0.1) is 0 Å². The molecule has 1 aromatic heterocycles. The van der Waals surface area contributed by atoms with Crippen molar-refractivity contribution in [3.63, 3.8) is 0 Å². The summed E-state index contributed by atoms with van der Waals surface area (Å²) in [5.41, 5.74) is 6.56. The molecule has 0 spiro atoms. The van der Waals surface area contributed by atoms with Crippen LogP contribution in [0.4, 0.5) is 0 Å². The second-order valence-corrected chi connectivity index (χ2v) is 5.22. The van der Waals surface area contributed by atoms with E-state index in [0.717, 1.165) is 31.6 Å². The number of nitrogens with one attached hydrogen (secondary N) is 2. The number of nitrogens with two attached hydrogens (primary N) is 1. The third-order valence-corrected chi connectivity index (χ3v) is 3.02. The number of aliphatic imine (C=N–C) groups is 1. The van der Waals surface area contributed by atoms with Crippen LogP contribution in [0.3, 0.4) is 0 Å². The molecule has 0 saturated carbocycles. The first kappa shape index (κ1) is 17.4. The lowest BCUT2D eigenvalue weighted by molar-refractivity contribution is 0.672. The quantitative estimate of drug-likeness (QED) is 0.296. The number of hydrogen-bond acceptors (Lipinski definition) is 3. The van der Waals surface area contributed by atoms with Crippen LogP contribution in [0.15, 0.2) is 29.4 Å². The lowest BCUT2D eigenvalue weighted by Gasteiger charge is -2.11. The molecule has 116 valence electrons. The van der Waals surface area contributed by atoms with Crippen LogP contribution in [0.5, 0.6) is 0 Å². The average molecular weight is 307 g/mol. The highest BCUT2D eigenvalue weighted by atomic mass is 32.1.